The topological polar surface area (TPSA) is 102 Å². The van der Waals surface area contributed by atoms with Gasteiger partial charge in [-0.25, -0.2) is 4.79 Å². The fourth-order valence-electron chi connectivity index (χ4n) is 3.15. The second kappa shape index (κ2) is 10.5. The number of carbonyl (C=O) groups is 1. The third-order valence-electron chi connectivity index (χ3n) is 4.62. The largest absolute Gasteiger partial charge is 0.444 e. The Kier molecular flexibility index (Phi) is 7.80. The molecule has 1 amide bonds. The Morgan fingerprint density at radius 3 is 2.16 bits per heavy atom. The smallest absolute Gasteiger partial charge is 0.414 e. The molecule has 0 fully saturated rings. The summed E-state index contributed by atoms with van der Waals surface area (Å²) in [5.41, 5.74) is 1.71. The Morgan fingerprint density at radius 2 is 1.58 bits per heavy atom. The van der Waals surface area contributed by atoms with Crippen molar-refractivity contribution in [2.75, 3.05) is 12.9 Å². The van der Waals surface area contributed by atoms with E-state index in [4.69, 9.17) is 13.7 Å². The second-order valence-electron chi connectivity index (χ2n) is 7.11. The minimum atomic E-state index is -3.90. The fraction of sp³-hybridized carbons (Fsp3) is 0.318. The lowest BCUT2D eigenvalue weighted by atomic mass is 10.0. The molecule has 0 spiro atoms. The number of ether oxygens (including phenoxy) is 2. The van der Waals surface area contributed by atoms with Crippen LogP contribution < -0.4 is 0 Å². The molecule has 0 radical (unpaired) electrons. The first kappa shape index (κ1) is 23.0. The summed E-state index contributed by atoms with van der Waals surface area (Å²) in [5.74, 6) is 0. The van der Waals surface area contributed by atoms with E-state index in [0.717, 1.165) is 17.4 Å². The van der Waals surface area contributed by atoms with E-state index in [1.165, 1.54) is 17.2 Å². The maximum Gasteiger partial charge on any atom is 0.414 e. The Hall–Kier alpha value is -2.72. The summed E-state index contributed by atoms with van der Waals surface area (Å²) >= 11 is 0. The van der Waals surface area contributed by atoms with Crippen molar-refractivity contribution in [2.24, 2.45) is 0 Å². The zero-order chi connectivity index (χ0) is 22.3. The van der Waals surface area contributed by atoms with Crippen molar-refractivity contribution in [1.29, 1.82) is 0 Å². The van der Waals surface area contributed by atoms with Crippen molar-refractivity contribution >= 4 is 16.2 Å². The van der Waals surface area contributed by atoms with E-state index in [-0.39, 0.29) is 19.8 Å². The minimum Gasteiger partial charge on any atom is -0.444 e. The molecular weight excluding hydrogens is 422 g/mol. The van der Waals surface area contributed by atoms with Gasteiger partial charge in [0.05, 0.1) is 25.5 Å². The van der Waals surface area contributed by atoms with Crippen LogP contribution in [0, 0.1) is 0 Å². The monoisotopic (exact) mass is 447 g/mol. The van der Waals surface area contributed by atoms with E-state index in [9.17, 15) is 18.3 Å². The van der Waals surface area contributed by atoms with E-state index in [0.29, 0.717) is 0 Å². The molecule has 8 nitrogen and oxygen atoms in total. The van der Waals surface area contributed by atoms with Crippen molar-refractivity contribution < 1.29 is 32.0 Å². The Balaban J connectivity index is 1.73. The molecular formula is C22H25NO7S. The summed E-state index contributed by atoms with van der Waals surface area (Å²) < 4.78 is 39.7. The summed E-state index contributed by atoms with van der Waals surface area (Å²) in [4.78, 5) is 13.9. The number of aliphatic hydroxyl groups is 1. The number of aliphatic hydroxyl groups excluding tert-OH is 1. The van der Waals surface area contributed by atoms with E-state index in [2.05, 4.69) is 0 Å². The van der Waals surface area contributed by atoms with Crippen LogP contribution in [0.1, 0.15) is 11.1 Å². The van der Waals surface area contributed by atoms with Crippen LogP contribution in [-0.4, -0.2) is 55.6 Å². The van der Waals surface area contributed by atoms with Crippen molar-refractivity contribution in [2.45, 2.75) is 31.5 Å². The molecule has 0 bridgehead atoms. The highest BCUT2D eigenvalue weighted by Gasteiger charge is 2.40. The van der Waals surface area contributed by atoms with Gasteiger partial charge >= 0.3 is 6.09 Å². The minimum absolute atomic E-state index is 0.0434. The summed E-state index contributed by atoms with van der Waals surface area (Å²) in [6.07, 6.45) is 0.350. The van der Waals surface area contributed by atoms with Crippen LogP contribution in [0.2, 0.25) is 0 Å². The predicted molar refractivity (Wildman–Crippen MR) is 113 cm³/mol. The SMILES string of the molecule is CS(=O)(=O)O[C@H]1[C@H](O)C=CN(C(=O)OCc2ccccc2)[C@@H]1COCc1ccccc1. The van der Waals surface area contributed by atoms with E-state index >= 15 is 0 Å². The van der Waals surface area contributed by atoms with Crippen molar-refractivity contribution in [3.63, 3.8) is 0 Å². The van der Waals surface area contributed by atoms with Crippen LogP contribution in [0.4, 0.5) is 4.79 Å². The standard InChI is InChI=1S/C22H25NO7S/c1-31(26,27)30-21-19(16-28-14-17-8-4-2-5-9-17)23(13-12-20(21)24)22(25)29-15-18-10-6-3-7-11-18/h2-13,19-21,24H,14-16H2,1H3/t19-,20-,21-/m1/s1. The van der Waals surface area contributed by atoms with Crippen LogP contribution >= 0.6 is 0 Å². The van der Waals surface area contributed by atoms with Gasteiger partial charge in [0.15, 0.2) is 0 Å². The summed E-state index contributed by atoms with van der Waals surface area (Å²) in [5, 5.41) is 10.3. The summed E-state index contributed by atoms with van der Waals surface area (Å²) in [7, 11) is -3.90. The molecule has 2 aromatic rings. The number of benzene rings is 2. The fourth-order valence-corrected chi connectivity index (χ4v) is 3.79. The maximum absolute atomic E-state index is 12.7. The lowest BCUT2D eigenvalue weighted by Gasteiger charge is -2.38. The highest BCUT2D eigenvalue weighted by molar-refractivity contribution is 7.86. The van der Waals surface area contributed by atoms with Gasteiger partial charge < -0.3 is 14.6 Å². The van der Waals surface area contributed by atoms with Gasteiger partial charge in [-0.3, -0.25) is 9.08 Å². The second-order valence-corrected chi connectivity index (χ2v) is 8.71. The Bertz CT molecular complexity index is 979. The number of carbonyl (C=O) groups excluding carboxylic acids is 1. The average Bonchev–Trinajstić information content (AvgIpc) is 2.75. The highest BCUT2D eigenvalue weighted by Crippen LogP contribution is 2.23. The van der Waals surface area contributed by atoms with Gasteiger partial charge in [-0.1, -0.05) is 60.7 Å². The van der Waals surface area contributed by atoms with Crippen molar-refractivity contribution in [3.8, 4) is 0 Å². The number of hydrogen-bond acceptors (Lipinski definition) is 7. The quantitative estimate of drug-likeness (QED) is 0.620. The predicted octanol–water partition coefficient (Wildman–Crippen LogP) is 2.44. The molecule has 1 aliphatic heterocycles. The number of nitrogens with zero attached hydrogens (tertiary/aromatic N) is 1. The van der Waals surface area contributed by atoms with E-state index in [1.54, 1.807) is 0 Å². The Morgan fingerprint density at radius 1 is 1.00 bits per heavy atom. The molecule has 1 heterocycles. The molecule has 9 heteroatoms. The molecule has 3 atom stereocenters. The summed E-state index contributed by atoms with van der Waals surface area (Å²) in [6, 6.07) is 17.6. The summed E-state index contributed by atoms with van der Waals surface area (Å²) in [6.45, 7) is 0.217. The van der Waals surface area contributed by atoms with Crippen molar-refractivity contribution in [1.82, 2.24) is 4.90 Å². The van der Waals surface area contributed by atoms with Crippen LogP contribution in [-0.2, 0) is 37.0 Å². The van der Waals surface area contributed by atoms with Gasteiger partial charge in [-0.05, 0) is 17.2 Å². The molecule has 0 saturated heterocycles. The van der Waals surface area contributed by atoms with Crippen LogP contribution in [0.25, 0.3) is 0 Å². The zero-order valence-corrected chi connectivity index (χ0v) is 17.9. The number of rotatable bonds is 8. The third-order valence-corrected chi connectivity index (χ3v) is 5.19. The highest BCUT2D eigenvalue weighted by atomic mass is 32.2. The number of hydrogen-bond donors (Lipinski definition) is 1. The first-order valence-electron chi connectivity index (χ1n) is 9.69. The first-order valence-corrected chi connectivity index (χ1v) is 11.5. The lowest BCUT2D eigenvalue weighted by Crippen LogP contribution is -2.55. The van der Waals surface area contributed by atoms with Gasteiger partial charge in [0.2, 0.25) is 0 Å². The number of amides is 1. The van der Waals surface area contributed by atoms with Crippen LogP contribution in [0.3, 0.4) is 0 Å². The molecule has 1 aliphatic rings. The van der Waals surface area contributed by atoms with Crippen LogP contribution in [0.5, 0.6) is 0 Å². The molecule has 166 valence electrons. The molecule has 0 unspecified atom stereocenters. The average molecular weight is 448 g/mol. The Labute approximate surface area is 181 Å². The van der Waals surface area contributed by atoms with E-state index < -0.39 is 34.5 Å². The molecule has 31 heavy (non-hydrogen) atoms. The van der Waals surface area contributed by atoms with Gasteiger partial charge in [-0.15, -0.1) is 0 Å². The van der Waals surface area contributed by atoms with Crippen LogP contribution in [0.15, 0.2) is 72.9 Å². The molecule has 1 N–H and O–H groups in total. The zero-order valence-electron chi connectivity index (χ0n) is 17.0. The third kappa shape index (κ3) is 6.90. The molecule has 0 aliphatic carbocycles. The van der Waals surface area contributed by atoms with Crippen molar-refractivity contribution in [3.05, 3.63) is 84.1 Å². The molecule has 3 rings (SSSR count). The van der Waals surface area contributed by atoms with Gasteiger partial charge in [-0.2, -0.15) is 8.42 Å². The lowest BCUT2D eigenvalue weighted by molar-refractivity contribution is -0.0360. The maximum atomic E-state index is 12.7. The van der Waals surface area contributed by atoms with Gasteiger partial charge in [0.25, 0.3) is 10.1 Å². The molecule has 2 aromatic carbocycles. The molecule has 0 aromatic heterocycles. The normalized spacial score (nSPS) is 21.1. The van der Waals surface area contributed by atoms with E-state index in [1.807, 2.05) is 60.7 Å². The molecule has 0 saturated carbocycles. The van der Waals surface area contributed by atoms with Gasteiger partial charge in [0.1, 0.15) is 18.8 Å². The van der Waals surface area contributed by atoms with Gasteiger partial charge in [0, 0.05) is 6.20 Å². The first-order chi connectivity index (χ1) is 14.8.